The molecule has 1 aliphatic rings. The van der Waals surface area contributed by atoms with E-state index in [-0.39, 0.29) is 5.91 Å². The first kappa shape index (κ1) is 18.9. The van der Waals surface area contributed by atoms with E-state index in [0.29, 0.717) is 5.69 Å². The van der Waals surface area contributed by atoms with Gasteiger partial charge in [-0.25, -0.2) is 9.97 Å². The van der Waals surface area contributed by atoms with Gasteiger partial charge in [0.05, 0.1) is 11.9 Å². The Kier molecular flexibility index (Phi) is 5.42. The summed E-state index contributed by atoms with van der Waals surface area (Å²) in [5.41, 5.74) is 4.40. The number of nitrogens with one attached hydrogen (secondary N) is 1. The number of amides is 1. The van der Waals surface area contributed by atoms with Crippen molar-refractivity contribution >= 4 is 23.1 Å². The number of benzene rings is 1. The maximum absolute atomic E-state index is 12.6. The number of hydrogen-bond donors (Lipinski definition) is 1. The number of pyridine rings is 2. The molecule has 0 spiro atoms. The highest BCUT2D eigenvalue weighted by atomic mass is 16.1. The number of rotatable bonds is 4. The Hall–Kier alpha value is -3.41. The average molecular weight is 387 g/mol. The Labute approximate surface area is 171 Å². The van der Waals surface area contributed by atoms with E-state index < -0.39 is 0 Å². The van der Waals surface area contributed by atoms with Crippen molar-refractivity contribution in [3.63, 3.8) is 0 Å². The highest BCUT2D eigenvalue weighted by molar-refractivity contribution is 6.03. The van der Waals surface area contributed by atoms with Crippen LogP contribution in [-0.4, -0.2) is 42.1 Å². The molecule has 1 amide bonds. The van der Waals surface area contributed by atoms with Crippen molar-refractivity contribution in [2.75, 3.05) is 41.3 Å². The van der Waals surface area contributed by atoms with Crippen LogP contribution in [0.1, 0.15) is 21.6 Å². The number of piperazine rings is 1. The first-order valence-corrected chi connectivity index (χ1v) is 9.86. The number of carbonyl (C=O) groups excluding carboxylic acids is 1. The van der Waals surface area contributed by atoms with E-state index in [1.165, 1.54) is 0 Å². The van der Waals surface area contributed by atoms with Gasteiger partial charge in [-0.3, -0.25) is 4.79 Å². The molecule has 1 saturated heterocycles. The Morgan fingerprint density at radius 2 is 1.59 bits per heavy atom. The molecule has 1 N–H and O–H groups in total. The predicted octanol–water partition coefficient (Wildman–Crippen LogP) is 3.67. The SMILES string of the molecule is Cc1cccc(C)c1NC(=O)c1ccc(N2CCN(c3ccccn3)CC2)cn1. The van der Waals surface area contributed by atoms with Crippen LogP contribution in [0.15, 0.2) is 60.9 Å². The van der Waals surface area contributed by atoms with Crippen LogP contribution < -0.4 is 15.1 Å². The van der Waals surface area contributed by atoms with Gasteiger partial charge in [0.15, 0.2) is 0 Å². The molecule has 148 valence electrons. The third-order valence-electron chi connectivity index (χ3n) is 5.32. The van der Waals surface area contributed by atoms with E-state index in [1.54, 1.807) is 12.3 Å². The summed E-state index contributed by atoms with van der Waals surface area (Å²) in [5.74, 6) is 0.831. The smallest absolute Gasteiger partial charge is 0.274 e. The van der Waals surface area contributed by atoms with E-state index in [0.717, 1.165) is 54.5 Å². The van der Waals surface area contributed by atoms with Crippen LogP contribution in [0.3, 0.4) is 0 Å². The minimum absolute atomic E-state index is 0.186. The zero-order chi connectivity index (χ0) is 20.2. The average Bonchev–Trinajstić information content (AvgIpc) is 2.77. The maximum Gasteiger partial charge on any atom is 0.274 e. The lowest BCUT2D eigenvalue weighted by atomic mass is 10.1. The number of aromatic nitrogens is 2. The molecule has 1 aromatic carbocycles. The number of anilines is 3. The summed E-state index contributed by atoms with van der Waals surface area (Å²) in [6.45, 7) is 7.59. The van der Waals surface area contributed by atoms with Gasteiger partial charge in [0.1, 0.15) is 11.5 Å². The number of carbonyl (C=O) groups is 1. The lowest BCUT2D eigenvalue weighted by molar-refractivity contribution is 0.102. The third kappa shape index (κ3) is 4.21. The van der Waals surface area contributed by atoms with E-state index in [4.69, 9.17) is 0 Å². The lowest BCUT2D eigenvalue weighted by Gasteiger charge is -2.36. The van der Waals surface area contributed by atoms with Crippen molar-refractivity contribution in [3.05, 3.63) is 77.7 Å². The van der Waals surface area contributed by atoms with Crippen molar-refractivity contribution < 1.29 is 4.79 Å². The van der Waals surface area contributed by atoms with Crippen LogP contribution in [0.25, 0.3) is 0 Å². The summed E-state index contributed by atoms with van der Waals surface area (Å²) in [5, 5.41) is 2.99. The lowest BCUT2D eigenvalue weighted by Crippen LogP contribution is -2.46. The molecular formula is C23H25N5O. The summed E-state index contributed by atoms with van der Waals surface area (Å²) in [6, 6.07) is 15.7. The number of nitrogens with zero attached hydrogens (tertiary/aromatic N) is 4. The normalized spacial score (nSPS) is 14.0. The predicted molar refractivity (Wildman–Crippen MR) is 117 cm³/mol. The largest absolute Gasteiger partial charge is 0.367 e. The van der Waals surface area contributed by atoms with Crippen LogP contribution >= 0.6 is 0 Å². The second kappa shape index (κ2) is 8.31. The van der Waals surface area contributed by atoms with Crippen molar-refractivity contribution in [3.8, 4) is 0 Å². The molecule has 0 atom stereocenters. The van der Waals surface area contributed by atoms with Crippen LogP contribution in [0.5, 0.6) is 0 Å². The summed E-state index contributed by atoms with van der Waals surface area (Å²) in [4.78, 5) is 26.0. The molecule has 0 bridgehead atoms. The van der Waals surface area contributed by atoms with E-state index in [1.807, 2.05) is 62.5 Å². The molecule has 0 unspecified atom stereocenters. The molecule has 2 aromatic heterocycles. The van der Waals surface area contributed by atoms with Gasteiger partial charge in [0.25, 0.3) is 5.91 Å². The topological polar surface area (TPSA) is 61.4 Å². The molecule has 4 rings (SSSR count). The van der Waals surface area contributed by atoms with E-state index in [9.17, 15) is 4.79 Å². The highest BCUT2D eigenvalue weighted by Gasteiger charge is 2.19. The first-order chi connectivity index (χ1) is 14.1. The highest BCUT2D eigenvalue weighted by Crippen LogP contribution is 2.21. The molecule has 1 aliphatic heterocycles. The minimum atomic E-state index is -0.186. The maximum atomic E-state index is 12.6. The van der Waals surface area contributed by atoms with Gasteiger partial charge >= 0.3 is 0 Å². The summed E-state index contributed by atoms with van der Waals surface area (Å²) >= 11 is 0. The molecule has 0 saturated carbocycles. The van der Waals surface area contributed by atoms with Crippen LogP contribution in [0.2, 0.25) is 0 Å². The van der Waals surface area contributed by atoms with Gasteiger partial charge < -0.3 is 15.1 Å². The van der Waals surface area contributed by atoms with Crippen LogP contribution in [0, 0.1) is 13.8 Å². The first-order valence-electron chi connectivity index (χ1n) is 9.86. The van der Waals surface area contributed by atoms with Crippen molar-refractivity contribution in [1.29, 1.82) is 0 Å². The Bertz CT molecular complexity index is 960. The number of para-hydroxylation sites is 1. The molecule has 3 heterocycles. The fourth-order valence-electron chi connectivity index (χ4n) is 3.63. The molecule has 29 heavy (non-hydrogen) atoms. The zero-order valence-electron chi connectivity index (χ0n) is 16.8. The summed E-state index contributed by atoms with van der Waals surface area (Å²) in [7, 11) is 0. The van der Waals surface area contributed by atoms with Gasteiger partial charge in [-0.15, -0.1) is 0 Å². The molecule has 3 aromatic rings. The zero-order valence-corrected chi connectivity index (χ0v) is 16.8. The molecule has 6 nitrogen and oxygen atoms in total. The van der Waals surface area contributed by atoms with E-state index >= 15 is 0 Å². The third-order valence-corrected chi connectivity index (χ3v) is 5.32. The minimum Gasteiger partial charge on any atom is -0.367 e. The second-order valence-electron chi connectivity index (χ2n) is 7.28. The summed E-state index contributed by atoms with van der Waals surface area (Å²) in [6.07, 6.45) is 3.61. The fourth-order valence-corrected chi connectivity index (χ4v) is 3.63. The van der Waals surface area contributed by atoms with Gasteiger partial charge in [-0.1, -0.05) is 24.3 Å². The summed E-state index contributed by atoms with van der Waals surface area (Å²) < 4.78 is 0. The molecule has 0 aliphatic carbocycles. The molecule has 6 heteroatoms. The Balaban J connectivity index is 1.39. The number of aryl methyl sites for hydroxylation is 2. The van der Waals surface area contributed by atoms with E-state index in [2.05, 4.69) is 25.1 Å². The standard InChI is InChI=1S/C23H25N5O/c1-17-6-5-7-18(2)22(17)26-23(29)20-10-9-19(16-25-20)27-12-14-28(15-13-27)21-8-3-4-11-24-21/h3-11,16H,12-15H2,1-2H3,(H,26,29). The molecular weight excluding hydrogens is 362 g/mol. The molecule has 0 radical (unpaired) electrons. The quantitative estimate of drug-likeness (QED) is 0.740. The van der Waals surface area contributed by atoms with Gasteiger partial charge in [0, 0.05) is 38.1 Å². The van der Waals surface area contributed by atoms with Crippen molar-refractivity contribution in [1.82, 2.24) is 9.97 Å². The van der Waals surface area contributed by atoms with Crippen molar-refractivity contribution in [2.45, 2.75) is 13.8 Å². The number of hydrogen-bond acceptors (Lipinski definition) is 5. The monoisotopic (exact) mass is 387 g/mol. The van der Waals surface area contributed by atoms with Gasteiger partial charge in [-0.05, 0) is 49.2 Å². The van der Waals surface area contributed by atoms with Gasteiger partial charge in [-0.2, -0.15) is 0 Å². The van der Waals surface area contributed by atoms with Crippen LogP contribution in [-0.2, 0) is 0 Å². The van der Waals surface area contributed by atoms with Crippen molar-refractivity contribution in [2.24, 2.45) is 0 Å². The van der Waals surface area contributed by atoms with Crippen LogP contribution in [0.4, 0.5) is 17.2 Å². The molecule has 1 fully saturated rings. The van der Waals surface area contributed by atoms with Gasteiger partial charge in [0.2, 0.25) is 0 Å². The second-order valence-corrected chi connectivity index (χ2v) is 7.28. The Morgan fingerprint density at radius 3 is 2.21 bits per heavy atom. The fraction of sp³-hybridized carbons (Fsp3) is 0.261. The Morgan fingerprint density at radius 1 is 0.862 bits per heavy atom.